The number of nitrogens with two attached hydrogens (primary N) is 1. The van der Waals surface area contributed by atoms with Crippen LogP contribution in [0.2, 0.25) is 41.5 Å². The molecule has 1 aliphatic heterocycles. The second kappa shape index (κ2) is 9.16. The van der Waals surface area contributed by atoms with E-state index in [2.05, 4.69) is 83.6 Å². The molecule has 1 fully saturated rings. The van der Waals surface area contributed by atoms with Gasteiger partial charge in [-0.3, -0.25) is 0 Å². The van der Waals surface area contributed by atoms with Crippen LogP contribution in [-0.2, 0) is 13.6 Å². The first-order chi connectivity index (χ1) is 15.8. The first kappa shape index (κ1) is 28.2. The molecule has 3 atom stereocenters. The van der Waals surface area contributed by atoms with Gasteiger partial charge in [0.25, 0.3) is 0 Å². The van der Waals surface area contributed by atoms with E-state index in [9.17, 15) is 0 Å². The summed E-state index contributed by atoms with van der Waals surface area (Å²) in [5.74, 6) is 3.29. The summed E-state index contributed by atoms with van der Waals surface area (Å²) in [6.45, 7) is 22.5. The summed E-state index contributed by atoms with van der Waals surface area (Å²) >= 11 is 6.13. The lowest BCUT2D eigenvalue weighted by Gasteiger charge is -2.43. The van der Waals surface area contributed by atoms with Gasteiger partial charge in [-0.2, -0.15) is 4.98 Å². The Kier molecular flexibility index (Phi) is 7.37. The van der Waals surface area contributed by atoms with Crippen LogP contribution in [0.5, 0.6) is 0 Å². The van der Waals surface area contributed by atoms with Crippen molar-refractivity contribution >= 4 is 45.1 Å². The first-order valence-electron chi connectivity index (χ1n) is 12.1. The molecule has 0 amide bonds. The van der Waals surface area contributed by atoms with Crippen molar-refractivity contribution in [3.8, 4) is 12.3 Å². The zero-order chi connectivity index (χ0) is 26.6. The fourth-order valence-corrected chi connectivity index (χ4v) is 6.18. The highest BCUT2D eigenvalue weighted by Crippen LogP contribution is 2.46. The molecule has 2 aromatic heterocycles. The number of hydrogen-bond acceptors (Lipinski definition) is 6. The normalized spacial score (nSPS) is 24.2. The number of halogens is 1. The maximum Gasteiger partial charge on any atom is 0.226 e. The Morgan fingerprint density at radius 1 is 1.17 bits per heavy atom. The Morgan fingerprint density at radius 2 is 1.77 bits per heavy atom. The summed E-state index contributed by atoms with van der Waals surface area (Å²) in [6.07, 6.45) is 7.92. The molecular formula is C25H41ClN4O3Si2. The quantitative estimate of drug-likeness (QED) is 0.262. The van der Waals surface area contributed by atoms with E-state index < -0.39 is 28.5 Å². The molecule has 0 saturated carbocycles. The zero-order valence-electron chi connectivity index (χ0n) is 22.8. The fourth-order valence-electron chi connectivity index (χ4n) is 3.65. The predicted octanol–water partition coefficient (Wildman–Crippen LogP) is 6.37. The van der Waals surface area contributed by atoms with Crippen LogP contribution in [0, 0.1) is 12.3 Å². The van der Waals surface area contributed by atoms with E-state index in [1.807, 2.05) is 16.8 Å². The maximum atomic E-state index is 6.92. The van der Waals surface area contributed by atoms with Gasteiger partial charge in [-0.05, 0) is 53.9 Å². The molecule has 35 heavy (non-hydrogen) atoms. The van der Waals surface area contributed by atoms with Crippen molar-refractivity contribution in [3.63, 3.8) is 0 Å². The number of hydrogen-bond donors (Lipinski definition) is 1. The van der Waals surface area contributed by atoms with E-state index in [0.717, 1.165) is 5.39 Å². The van der Waals surface area contributed by atoms with Crippen molar-refractivity contribution in [3.05, 3.63) is 17.5 Å². The monoisotopic (exact) mass is 536 g/mol. The third kappa shape index (κ3) is 5.33. The van der Waals surface area contributed by atoms with E-state index in [-0.39, 0.29) is 28.1 Å². The minimum absolute atomic E-state index is 0.0149. The molecule has 0 spiro atoms. The predicted molar refractivity (Wildman–Crippen MR) is 148 cm³/mol. The van der Waals surface area contributed by atoms with E-state index >= 15 is 0 Å². The number of aromatic nitrogens is 3. The molecule has 194 valence electrons. The Bertz CT molecular complexity index is 1130. The van der Waals surface area contributed by atoms with Crippen LogP contribution < -0.4 is 5.73 Å². The molecule has 0 bridgehead atoms. The van der Waals surface area contributed by atoms with Crippen LogP contribution in [0.1, 0.15) is 54.2 Å². The van der Waals surface area contributed by atoms with E-state index in [0.29, 0.717) is 17.9 Å². The molecule has 3 heterocycles. The number of nitrogen functional groups attached to an aromatic ring is 1. The lowest BCUT2D eigenvalue weighted by atomic mass is 9.99. The van der Waals surface area contributed by atoms with E-state index in [1.165, 1.54) is 0 Å². The summed E-state index contributed by atoms with van der Waals surface area (Å²) in [7, 11) is -4.26. The van der Waals surface area contributed by atoms with E-state index in [4.69, 9.17) is 37.3 Å². The summed E-state index contributed by atoms with van der Waals surface area (Å²) in [4.78, 5) is 8.49. The summed E-state index contributed by atoms with van der Waals surface area (Å²) in [6, 6.07) is 1.87. The third-order valence-electron chi connectivity index (χ3n) is 8.11. The van der Waals surface area contributed by atoms with Gasteiger partial charge in [0.15, 0.2) is 22.2 Å². The Balaban J connectivity index is 2.03. The Labute approximate surface area is 217 Å². The third-order valence-corrected chi connectivity index (χ3v) is 17.2. The number of anilines is 1. The van der Waals surface area contributed by atoms with Gasteiger partial charge >= 0.3 is 0 Å². The van der Waals surface area contributed by atoms with Crippen molar-refractivity contribution in [2.75, 3.05) is 12.3 Å². The molecule has 0 aromatic carbocycles. The highest BCUT2D eigenvalue weighted by Gasteiger charge is 2.54. The maximum absolute atomic E-state index is 6.92. The van der Waals surface area contributed by atoms with Crippen molar-refractivity contribution in [2.24, 2.45) is 0 Å². The molecule has 10 heteroatoms. The number of ether oxygens (including phenoxy) is 1. The molecule has 3 rings (SSSR count). The number of nitrogens with zero attached hydrogens (tertiary/aromatic N) is 3. The largest absolute Gasteiger partial charge is 0.413 e. The Morgan fingerprint density at radius 3 is 2.31 bits per heavy atom. The van der Waals surface area contributed by atoms with Gasteiger partial charge in [-0.25, -0.2) is 4.98 Å². The summed E-state index contributed by atoms with van der Waals surface area (Å²) < 4.78 is 22.2. The standard InChI is InChI=1S/C25H41ClN4O3Si2/c1-12-25(16-31-34(8,9)23(2,3)4)18(33-35(10,11)24(5,6)7)15-19(32-25)30-14-13-17-20(27)28-22(26)29-21(17)30/h1,13-14,18-19H,15-16H2,2-11H3,(H2,27,28,29)/t18?,19-,25-/m1/s1. The highest BCUT2D eigenvalue weighted by atomic mass is 35.5. The minimum atomic E-state index is -2.17. The number of rotatable bonds is 6. The molecular weight excluding hydrogens is 496 g/mol. The molecule has 7 nitrogen and oxygen atoms in total. The average Bonchev–Trinajstić information content (AvgIpc) is 3.26. The number of fused-ring (bicyclic) bond motifs is 1. The van der Waals surface area contributed by atoms with Crippen LogP contribution in [0.4, 0.5) is 5.82 Å². The van der Waals surface area contributed by atoms with E-state index in [1.54, 1.807) is 0 Å². The SMILES string of the molecule is C#C[C@]1(CO[Si](C)(C)C(C)(C)C)O[C@@H](n2ccc3c(N)nc(Cl)nc32)CC1O[Si](C)(C)C(C)(C)C. The van der Waals surface area contributed by atoms with Crippen molar-refractivity contribution in [1.82, 2.24) is 14.5 Å². The van der Waals surface area contributed by atoms with Crippen LogP contribution in [0.15, 0.2) is 12.3 Å². The van der Waals surface area contributed by atoms with Gasteiger partial charge < -0.3 is 23.9 Å². The summed E-state index contributed by atoms with van der Waals surface area (Å²) in [5, 5.41) is 0.863. The van der Waals surface area contributed by atoms with Gasteiger partial charge in [0.05, 0.1) is 18.1 Å². The molecule has 0 aliphatic carbocycles. The highest BCUT2D eigenvalue weighted by molar-refractivity contribution is 6.74. The second-order valence-electron chi connectivity index (χ2n) is 12.6. The second-order valence-corrected chi connectivity index (χ2v) is 22.5. The van der Waals surface area contributed by atoms with Crippen LogP contribution in [-0.4, -0.2) is 49.5 Å². The molecule has 1 unspecified atom stereocenters. The van der Waals surface area contributed by atoms with Gasteiger partial charge in [0.2, 0.25) is 5.28 Å². The first-order valence-corrected chi connectivity index (χ1v) is 18.3. The molecule has 1 aliphatic rings. The van der Waals surface area contributed by atoms with Crippen LogP contribution in [0.3, 0.4) is 0 Å². The molecule has 0 radical (unpaired) electrons. The topological polar surface area (TPSA) is 84.4 Å². The Hall–Kier alpha value is -1.42. The molecule has 2 aromatic rings. The fraction of sp³-hybridized carbons (Fsp3) is 0.680. The van der Waals surface area contributed by atoms with Gasteiger partial charge in [0, 0.05) is 12.6 Å². The van der Waals surface area contributed by atoms with Gasteiger partial charge in [0.1, 0.15) is 17.7 Å². The minimum Gasteiger partial charge on any atom is -0.413 e. The van der Waals surface area contributed by atoms with Gasteiger partial charge in [-0.1, -0.05) is 47.5 Å². The summed E-state index contributed by atoms with van der Waals surface area (Å²) in [5.41, 5.74) is 5.66. The smallest absolute Gasteiger partial charge is 0.226 e. The lowest BCUT2D eigenvalue weighted by molar-refractivity contribution is -0.0836. The zero-order valence-corrected chi connectivity index (χ0v) is 25.6. The lowest BCUT2D eigenvalue weighted by Crippen LogP contribution is -2.54. The van der Waals surface area contributed by atoms with Gasteiger partial charge in [-0.15, -0.1) is 6.42 Å². The van der Waals surface area contributed by atoms with Crippen molar-refractivity contribution in [1.29, 1.82) is 0 Å². The molecule has 2 N–H and O–H groups in total. The van der Waals surface area contributed by atoms with Crippen molar-refractivity contribution < 1.29 is 13.6 Å². The van der Waals surface area contributed by atoms with Crippen molar-refractivity contribution in [2.45, 2.75) is 102 Å². The van der Waals surface area contributed by atoms with Crippen LogP contribution >= 0.6 is 11.6 Å². The average molecular weight is 537 g/mol. The number of terminal acetylenes is 1. The molecule has 1 saturated heterocycles. The van der Waals surface area contributed by atoms with Crippen LogP contribution in [0.25, 0.3) is 11.0 Å².